The molecule has 0 aromatic heterocycles. The summed E-state index contributed by atoms with van der Waals surface area (Å²) in [7, 11) is -1.93. The van der Waals surface area contributed by atoms with Crippen molar-refractivity contribution in [3.05, 3.63) is 29.8 Å². The quantitative estimate of drug-likeness (QED) is 0.536. The molecule has 0 spiro atoms. The van der Waals surface area contributed by atoms with Crippen LogP contribution < -0.4 is 15.4 Å². The van der Waals surface area contributed by atoms with E-state index in [0.29, 0.717) is 24.6 Å². The van der Waals surface area contributed by atoms with E-state index in [1.54, 1.807) is 19.2 Å². The Bertz CT molecular complexity index is 675. The largest absolute Gasteiger partial charge is 0.383 e. The number of ether oxygens (including phenoxy) is 2. The molecule has 3 unspecified atom stereocenters. The molecule has 2 aliphatic rings. The first-order valence-corrected chi connectivity index (χ1v) is 11.2. The molecule has 3 rings (SSSR count). The van der Waals surface area contributed by atoms with Crippen molar-refractivity contribution in [2.24, 2.45) is 5.92 Å². The number of hydrogen-bond donors (Lipinski definition) is 3. The van der Waals surface area contributed by atoms with Crippen LogP contribution in [0.1, 0.15) is 24.8 Å². The summed E-state index contributed by atoms with van der Waals surface area (Å²) < 4.78 is 37.4. The van der Waals surface area contributed by atoms with Gasteiger partial charge in [-0.2, -0.15) is 0 Å². The predicted molar refractivity (Wildman–Crippen MR) is 104 cm³/mol. The van der Waals surface area contributed by atoms with Crippen molar-refractivity contribution < 1.29 is 17.9 Å². The van der Waals surface area contributed by atoms with Crippen molar-refractivity contribution in [1.82, 2.24) is 15.4 Å². The minimum absolute atomic E-state index is 0.268. The van der Waals surface area contributed by atoms with Gasteiger partial charge in [0.15, 0.2) is 0 Å². The molecule has 0 bridgehead atoms. The molecule has 1 aromatic carbocycles. The molecule has 8 heteroatoms. The highest BCUT2D eigenvalue weighted by Crippen LogP contribution is 2.29. The highest BCUT2D eigenvalue weighted by Gasteiger charge is 2.34. The van der Waals surface area contributed by atoms with Gasteiger partial charge in [0.05, 0.1) is 24.7 Å². The molecule has 1 aromatic rings. The van der Waals surface area contributed by atoms with Crippen molar-refractivity contribution in [3.63, 3.8) is 0 Å². The summed E-state index contributed by atoms with van der Waals surface area (Å²) in [5, 5.41) is 7.25. The predicted octanol–water partition coefficient (Wildman–Crippen LogP) is 0.858. The third kappa shape index (κ3) is 5.73. The zero-order chi connectivity index (χ0) is 19.1. The molecule has 1 heterocycles. The molecule has 1 saturated heterocycles. The fourth-order valence-electron chi connectivity index (χ4n) is 3.98. The summed E-state index contributed by atoms with van der Waals surface area (Å²) in [6, 6.07) is 7.99. The van der Waals surface area contributed by atoms with E-state index < -0.39 is 10.0 Å². The standard InChI is InChI=1S/C19H31N3O4S/c1-25-11-10-22-27(23,24)16-7-5-15(6-8-16)13-21-18-4-2-3-17(18)19-14-26-12-9-20-19/h5-8,17-22H,2-4,9-14H2,1H3. The minimum Gasteiger partial charge on any atom is -0.383 e. The number of morpholine rings is 1. The molecule has 0 amide bonds. The van der Waals surface area contributed by atoms with Gasteiger partial charge in [0.2, 0.25) is 10.0 Å². The van der Waals surface area contributed by atoms with E-state index >= 15 is 0 Å². The molecule has 1 aliphatic heterocycles. The summed E-state index contributed by atoms with van der Waals surface area (Å²) in [5.41, 5.74) is 1.09. The van der Waals surface area contributed by atoms with Crippen molar-refractivity contribution in [2.45, 2.75) is 42.8 Å². The Labute approximate surface area is 162 Å². The lowest BCUT2D eigenvalue weighted by molar-refractivity contribution is 0.0524. The van der Waals surface area contributed by atoms with Gasteiger partial charge in [0.1, 0.15) is 0 Å². The molecular weight excluding hydrogens is 366 g/mol. The van der Waals surface area contributed by atoms with E-state index in [1.807, 2.05) is 12.1 Å². The first-order valence-electron chi connectivity index (χ1n) is 9.72. The molecule has 0 radical (unpaired) electrons. The highest BCUT2D eigenvalue weighted by molar-refractivity contribution is 7.89. The van der Waals surface area contributed by atoms with Gasteiger partial charge in [-0.1, -0.05) is 18.6 Å². The van der Waals surface area contributed by atoms with Crippen LogP contribution in [0.5, 0.6) is 0 Å². The maximum Gasteiger partial charge on any atom is 0.240 e. The molecule has 1 saturated carbocycles. The Morgan fingerprint density at radius 1 is 1.26 bits per heavy atom. The number of sulfonamides is 1. The summed E-state index contributed by atoms with van der Waals surface area (Å²) in [5.74, 6) is 0.593. The molecule has 3 atom stereocenters. The van der Waals surface area contributed by atoms with Crippen molar-refractivity contribution >= 4 is 10.0 Å². The summed E-state index contributed by atoms with van der Waals surface area (Å²) in [4.78, 5) is 0.282. The molecule has 2 fully saturated rings. The number of rotatable bonds is 9. The van der Waals surface area contributed by atoms with Crippen molar-refractivity contribution in [2.75, 3.05) is 40.0 Å². The molecular formula is C19H31N3O4S. The van der Waals surface area contributed by atoms with Crippen LogP contribution in [0.4, 0.5) is 0 Å². The normalized spacial score (nSPS) is 26.3. The smallest absolute Gasteiger partial charge is 0.240 e. The highest BCUT2D eigenvalue weighted by atomic mass is 32.2. The Hall–Kier alpha value is -1.03. The van der Waals surface area contributed by atoms with Crippen LogP contribution in [-0.2, 0) is 26.0 Å². The Balaban J connectivity index is 1.52. The summed E-state index contributed by atoms with van der Waals surface area (Å²) >= 11 is 0. The zero-order valence-corrected chi connectivity index (χ0v) is 16.8. The van der Waals surface area contributed by atoms with Crippen molar-refractivity contribution in [3.8, 4) is 0 Å². The zero-order valence-electron chi connectivity index (χ0n) is 15.9. The average molecular weight is 398 g/mol. The van der Waals surface area contributed by atoms with Crippen LogP contribution in [0, 0.1) is 5.92 Å². The second-order valence-corrected chi connectivity index (χ2v) is 9.02. The first kappa shape index (κ1) is 20.7. The van der Waals surface area contributed by atoms with Gasteiger partial charge >= 0.3 is 0 Å². The SMILES string of the molecule is COCCNS(=O)(=O)c1ccc(CNC2CCCC2C2COCCN2)cc1. The van der Waals surface area contributed by atoms with Gasteiger partial charge in [-0.25, -0.2) is 13.1 Å². The van der Waals surface area contributed by atoms with E-state index in [2.05, 4.69) is 15.4 Å². The number of nitrogens with one attached hydrogen (secondary N) is 3. The number of hydrogen-bond acceptors (Lipinski definition) is 6. The third-order valence-electron chi connectivity index (χ3n) is 5.44. The van der Waals surface area contributed by atoms with Gasteiger partial charge in [-0.05, 0) is 36.5 Å². The van der Waals surface area contributed by atoms with Crippen LogP contribution in [0.15, 0.2) is 29.2 Å². The topological polar surface area (TPSA) is 88.7 Å². The molecule has 152 valence electrons. The summed E-state index contributed by atoms with van der Waals surface area (Å²) in [6.45, 7) is 3.89. The van der Waals surface area contributed by atoms with Gasteiger partial charge in [-0.3, -0.25) is 0 Å². The molecule has 27 heavy (non-hydrogen) atoms. The van der Waals surface area contributed by atoms with Gasteiger partial charge < -0.3 is 20.1 Å². The van der Waals surface area contributed by atoms with Crippen LogP contribution in [0.25, 0.3) is 0 Å². The summed E-state index contributed by atoms with van der Waals surface area (Å²) in [6.07, 6.45) is 3.65. The van der Waals surface area contributed by atoms with Gasteiger partial charge in [-0.15, -0.1) is 0 Å². The van der Waals surface area contributed by atoms with Crippen LogP contribution in [0.3, 0.4) is 0 Å². The number of methoxy groups -OCH3 is 1. The lowest BCUT2D eigenvalue weighted by atomic mass is 9.94. The average Bonchev–Trinajstić information content (AvgIpc) is 3.16. The maximum absolute atomic E-state index is 12.2. The Morgan fingerprint density at radius 2 is 2.07 bits per heavy atom. The van der Waals surface area contributed by atoms with Gasteiger partial charge in [0, 0.05) is 38.8 Å². The first-order chi connectivity index (χ1) is 13.1. The lowest BCUT2D eigenvalue weighted by Gasteiger charge is -2.33. The van der Waals surface area contributed by atoms with E-state index in [9.17, 15) is 8.42 Å². The Kier molecular flexibility index (Phi) is 7.63. The van der Waals surface area contributed by atoms with Crippen LogP contribution >= 0.6 is 0 Å². The van der Waals surface area contributed by atoms with E-state index in [0.717, 1.165) is 31.9 Å². The molecule has 1 aliphatic carbocycles. The number of benzene rings is 1. The minimum atomic E-state index is -3.48. The van der Waals surface area contributed by atoms with E-state index in [-0.39, 0.29) is 11.4 Å². The second kappa shape index (κ2) is 9.95. The Morgan fingerprint density at radius 3 is 2.78 bits per heavy atom. The lowest BCUT2D eigenvalue weighted by Crippen LogP contribution is -2.50. The van der Waals surface area contributed by atoms with Crippen LogP contribution in [-0.4, -0.2) is 60.5 Å². The monoisotopic (exact) mass is 397 g/mol. The van der Waals surface area contributed by atoms with Gasteiger partial charge in [0.25, 0.3) is 0 Å². The van der Waals surface area contributed by atoms with Crippen LogP contribution in [0.2, 0.25) is 0 Å². The maximum atomic E-state index is 12.2. The fraction of sp³-hybridized carbons (Fsp3) is 0.684. The second-order valence-electron chi connectivity index (χ2n) is 7.25. The van der Waals surface area contributed by atoms with E-state index in [1.165, 1.54) is 19.3 Å². The van der Waals surface area contributed by atoms with E-state index in [4.69, 9.17) is 9.47 Å². The third-order valence-corrected chi connectivity index (χ3v) is 6.91. The fourth-order valence-corrected chi connectivity index (χ4v) is 4.99. The molecule has 7 nitrogen and oxygen atoms in total. The molecule has 3 N–H and O–H groups in total. The van der Waals surface area contributed by atoms with Crippen molar-refractivity contribution in [1.29, 1.82) is 0 Å².